The summed E-state index contributed by atoms with van der Waals surface area (Å²) in [4.78, 5) is 2.32. The first kappa shape index (κ1) is 15.5. The van der Waals surface area contributed by atoms with Crippen LogP contribution in [-0.2, 0) is 6.42 Å². The molecular weight excluding hydrogens is 251 g/mol. The van der Waals surface area contributed by atoms with E-state index in [0.717, 1.165) is 19.5 Å². The first-order valence-corrected chi connectivity index (χ1v) is 7.58. The maximum Gasteiger partial charge on any atom is 0.102 e. The van der Waals surface area contributed by atoms with Gasteiger partial charge in [0.2, 0.25) is 0 Å². The summed E-state index contributed by atoms with van der Waals surface area (Å²) in [6.45, 7) is 8.88. The quantitative estimate of drug-likeness (QED) is 0.911. The van der Waals surface area contributed by atoms with Crippen molar-refractivity contribution in [1.82, 2.24) is 10.2 Å². The van der Waals surface area contributed by atoms with E-state index in [1.807, 2.05) is 6.07 Å². The highest BCUT2D eigenvalue weighted by atomic mass is 19.1. The van der Waals surface area contributed by atoms with Crippen LogP contribution in [0.3, 0.4) is 0 Å². The Morgan fingerprint density at radius 1 is 1.25 bits per heavy atom. The lowest BCUT2D eigenvalue weighted by Crippen LogP contribution is -2.61. The molecule has 2 nitrogen and oxygen atoms in total. The molecule has 1 saturated heterocycles. The SMILES string of the molecule is CC(C)(C)C1CNC(Cc2ccccc2)CN1CCF. The number of hydrogen-bond donors (Lipinski definition) is 1. The molecule has 2 rings (SSSR count). The van der Waals surface area contributed by atoms with E-state index in [9.17, 15) is 4.39 Å². The monoisotopic (exact) mass is 278 g/mol. The number of nitrogens with zero attached hydrogens (tertiary/aromatic N) is 1. The zero-order chi connectivity index (χ0) is 14.6. The molecule has 2 atom stereocenters. The third-order valence-electron chi connectivity index (χ3n) is 4.19. The van der Waals surface area contributed by atoms with Gasteiger partial charge in [-0.2, -0.15) is 0 Å². The van der Waals surface area contributed by atoms with Crippen LogP contribution < -0.4 is 5.32 Å². The number of hydrogen-bond acceptors (Lipinski definition) is 2. The summed E-state index contributed by atoms with van der Waals surface area (Å²) in [5, 5.41) is 3.65. The van der Waals surface area contributed by atoms with E-state index in [1.54, 1.807) is 0 Å². The fourth-order valence-electron chi connectivity index (χ4n) is 3.13. The minimum absolute atomic E-state index is 0.180. The predicted molar refractivity (Wildman–Crippen MR) is 82.7 cm³/mol. The zero-order valence-electron chi connectivity index (χ0n) is 12.9. The van der Waals surface area contributed by atoms with Crippen LogP contribution in [-0.4, -0.2) is 43.3 Å². The Bertz CT molecular complexity index is 399. The predicted octanol–water partition coefficient (Wildman–Crippen LogP) is 2.89. The van der Waals surface area contributed by atoms with Crippen molar-refractivity contribution in [1.29, 1.82) is 0 Å². The van der Waals surface area contributed by atoms with E-state index in [0.29, 0.717) is 18.6 Å². The topological polar surface area (TPSA) is 15.3 Å². The van der Waals surface area contributed by atoms with Gasteiger partial charge < -0.3 is 5.32 Å². The first-order valence-electron chi connectivity index (χ1n) is 7.58. The van der Waals surface area contributed by atoms with Crippen LogP contribution in [0, 0.1) is 5.41 Å². The molecule has 0 aromatic heterocycles. The summed E-state index contributed by atoms with van der Waals surface area (Å²) in [5.74, 6) is 0. The molecular formula is C17H27FN2. The third-order valence-corrected chi connectivity index (χ3v) is 4.19. The van der Waals surface area contributed by atoms with Crippen LogP contribution in [0.25, 0.3) is 0 Å². The molecule has 0 bridgehead atoms. The third kappa shape index (κ3) is 4.03. The van der Waals surface area contributed by atoms with Crippen molar-refractivity contribution < 1.29 is 4.39 Å². The van der Waals surface area contributed by atoms with Crippen LogP contribution >= 0.6 is 0 Å². The Hall–Kier alpha value is -0.930. The van der Waals surface area contributed by atoms with Crippen LogP contribution in [0.4, 0.5) is 4.39 Å². The van der Waals surface area contributed by atoms with Crippen LogP contribution in [0.15, 0.2) is 30.3 Å². The highest BCUT2D eigenvalue weighted by Crippen LogP contribution is 2.26. The fraction of sp³-hybridized carbons (Fsp3) is 0.647. The van der Waals surface area contributed by atoms with E-state index < -0.39 is 0 Å². The van der Waals surface area contributed by atoms with Crippen molar-refractivity contribution in [3.8, 4) is 0 Å². The fourth-order valence-corrected chi connectivity index (χ4v) is 3.13. The summed E-state index contributed by atoms with van der Waals surface area (Å²) >= 11 is 0. The minimum Gasteiger partial charge on any atom is -0.311 e. The normalized spacial score (nSPS) is 24.8. The number of nitrogens with one attached hydrogen (secondary N) is 1. The highest BCUT2D eigenvalue weighted by Gasteiger charge is 2.35. The lowest BCUT2D eigenvalue weighted by Gasteiger charge is -2.46. The van der Waals surface area contributed by atoms with Crippen molar-refractivity contribution in [2.24, 2.45) is 5.41 Å². The van der Waals surface area contributed by atoms with E-state index in [-0.39, 0.29) is 12.1 Å². The molecule has 0 saturated carbocycles. The molecule has 0 radical (unpaired) electrons. The van der Waals surface area contributed by atoms with E-state index in [1.165, 1.54) is 5.56 Å². The van der Waals surface area contributed by atoms with Gasteiger partial charge in [0.15, 0.2) is 0 Å². The molecule has 1 aliphatic heterocycles. The molecule has 1 aromatic rings. The van der Waals surface area contributed by atoms with Crippen molar-refractivity contribution in [2.45, 2.75) is 39.3 Å². The average molecular weight is 278 g/mol. The van der Waals surface area contributed by atoms with E-state index >= 15 is 0 Å². The zero-order valence-corrected chi connectivity index (χ0v) is 12.9. The molecule has 3 heteroatoms. The second-order valence-corrected chi connectivity index (χ2v) is 6.86. The molecule has 112 valence electrons. The summed E-state index contributed by atoms with van der Waals surface area (Å²) in [6, 6.07) is 11.4. The van der Waals surface area contributed by atoms with Crippen molar-refractivity contribution >= 4 is 0 Å². The smallest absolute Gasteiger partial charge is 0.102 e. The van der Waals surface area contributed by atoms with Gasteiger partial charge in [-0.3, -0.25) is 4.90 Å². The van der Waals surface area contributed by atoms with Gasteiger partial charge in [0.25, 0.3) is 0 Å². The van der Waals surface area contributed by atoms with Crippen LogP contribution in [0.2, 0.25) is 0 Å². The molecule has 1 heterocycles. The Morgan fingerprint density at radius 3 is 2.55 bits per heavy atom. The molecule has 0 spiro atoms. The van der Waals surface area contributed by atoms with E-state index in [4.69, 9.17) is 0 Å². The second kappa shape index (κ2) is 6.68. The Kier molecular flexibility index (Phi) is 5.17. The van der Waals surface area contributed by atoms with Crippen LogP contribution in [0.1, 0.15) is 26.3 Å². The molecule has 2 unspecified atom stereocenters. The second-order valence-electron chi connectivity index (χ2n) is 6.86. The molecule has 1 N–H and O–H groups in total. The maximum atomic E-state index is 12.8. The molecule has 20 heavy (non-hydrogen) atoms. The number of rotatable bonds is 4. The molecule has 1 aromatic carbocycles. The first-order chi connectivity index (χ1) is 9.50. The molecule has 1 aliphatic rings. The Balaban J connectivity index is 1.99. The molecule has 1 fully saturated rings. The molecule has 0 amide bonds. The lowest BCUT2D eigenvalue weighted by atomic mass is 9.83. The number of halogens is 1. The van der Waals surface area contributed by atoms with Gasteiger partial charge in [-0.05, 0) is 17.4 Å². The van der Waals surface area contributed by atoms with Gasteiger partial charge in [0, 0.05) is 31.7 Å². The largest absolute Gasteiger partial charge is 0.311 e. The van der Waals surface area contributed by atoms with Gasteiger partial charge in [0.05, 0.1) is 0 Å². The number of alkyl halides is 1. The van der Waals surface area contributed by atoms with Gasteiger partial charge in [-0.15, -0.1) is 0 Å². The Labute approximate surface area is 122 Å². The number of benzene rings is 1. The summed E-state index contributed by atoms with van der Waals surface area (Å²) in [7, 11) is 0. The summed E-state index contributed by atoms with van der Waals surface area (Å²) in [5.41, 5.74) is 1.53. The lowest BCUT2D eigenvalue weighted by molar-refractivity contribution is 0.0510. The highest BCUT2D eigenvalue weighted by molar-refractivity contribution is 5.16. The van der Waals surface area contributed by atoms with Gasteiger partial charge in [-0.1, -0.05) is 51.1 Å². The van der Waals surface area contributed by atoms with Crippen molar-refractivity contribution in [2.75, 3.05) is 26.3 Å². The standard InChI is InChI=1S/C17H27FN2/c1-17(2,3)16-12-19-15(13-20(16)10-9-18)11-14-7-5-4-6-8-14/h4-8,15-16,19H,9-13H2,1-3H3. The van der Waals surface area contributed by atoms with Crippen LogP contribution in [0.5, 0.6) is 0 Å². The average Bonchev–Trinajstić information content (AvgIpc) is 2.39. The summed E-state index contributed by atoms with van der Waals surface area (Å²) in [6.07, 6.45) is 1.01. The molecule has 0 aliphatic carbocycles. The van der Waals surface area contributed by atoms with Crippen molar-refractivity contribution in [3.05, 3.63) is 35.9 Å². The summed E-state index contributed by atoms with van der Waals surface area (Å²) < 4.78 is 12.8. The number of piperazine rings is 1. The minimum atomic E-state index is -0.259. The van der Waals surface area contributed by atoms with Gasteiger partial charge >= 0.3 is 0 Å². The van der Waals surface area contributed by atoms with Gasteiger partial charge in [0.1, 0.15) is 6.67 Å². The van der Waals surface area contributed by atoms with E-state index in [2.05, 4.69) is 55.3 Å². The van der Waals surface area contributed by atoms with Gasteiger partial charge in [-0.25, -0.2) is 4.39 Å². The Morgan fingerprint density at radius 2 is 1.95 bits per heavy atom. The maximum absolute atomic E-state index is 12.8. The van der Waals surface area contributed by atoms with Crippen molar-refractivity contribution in [3.63, 3.8) is 0 Å².